The smallest absolute Gasteiger partial charge is 0.350 e. The Hall–Kier alpha value is -1.59. The van der Waals surface area contributed by atoms with Crippen molar-refractivity contribution in [2.75, 3.05) is 0 Å². The van der Waals surface area contributed by atoms with Gasteiger partial charge in [0.2, 0.25) is 5.91 Å². The second-order valence-electron chi connectivity index (χ2n) is 3.96. The zero-order chi connectivity index (χ0) is 13.8. The van der Waals surface area contributed by atoms with Crippen molar-refractivity contribution in [1.82, 2.24) is 5.32 Å². The molecule has 0 aliphatic rings. The predicted molar refractivity (Wildman–Crippen MR) is 58.2 cm³/mol. The van der Waals surface area contributed by atoms with Crippen molar-refractivity contribution in [3.63, 3.8) is 0 Å². The Balaban J connectivity index is 2.77. The Kier molecular flexibility index (Phi) is 4.69. The predicted octanol–water partition coefficient (Wildman–Crippen LogP) is 3.35. The lowest BCUT2D eigenvalue weighted by Crippen LogP contribution is -2.27. The summed E-state index contributed by atoms with van der Waals surface area (Å²) in [7, 11) is 0. The lowest BCUT2D eigenvalue weighted by atomic mass is 10.0. The molecule has 100 valence electrons. The van der Waals surface area contributed by atoms with E-state index in [0.29, 0.717) is 5.56 Å². The molecule has 0 saturated carbocycles. The van der Waals surface area contributed by atoms with Crippen LogP contribution in [-0.2, 0) is 4.79 Å². The van der Waals surface area contributed by atoms with E-state index in [1.165, 1.54) is 19.1 Å². The number of hydrogen-bond acceptors (Lipinski definition) is 1. The topological polar surface area (TPSA) is 29.1 Å². The Morgan fingerprint density at radius 1 is 1.28 bits per heavy atom. The monoisotopic (exact) mass is 263 g/mol. The first kappa shape index (κ1) is 14.5. The maximum Gasteiger partial charge on any atom is 0.389 e. The molecular formula is C12H13F4NO. The van der Waals surface area contributed by atoms with E-state index in [0.717, 1.165) is 12.1 Å². The van der Waals surface area contributed by atoms with Gasteiger partial charge in [-0.3, -0.25) is 4.79 Å². The molecule has 1 aromatic rings. The van der Waals surface area contributed by atoms with Gasteiger partial charge in [-0.05, 0) is 24.1 Å². The number of hydrogen-bond donors (Lipinski definition) is 1. The molecule has 1 amide bonds. The van der Waals surface area contributed by atoms with Gasteiger partial charge in [0.25, 0.3) is 0 Å². The first-order valence-corrected chi connectivity index (χ1v) is 5.37. The van der Waals surface area contributed by atoms with Crippen LogP contribution in [0, 0.1) is 5.82 Å². The Bertz CT molecular complexity index is 400. The van der Waals surface area contributed by atoms with E-state index in [1.54, 1.807) is 0 Å². The highest BCUT2D eigenvalue weighted by Gasteiger charge is 2.29. The van der Waals surface area contributed by atoms with Crippen LogP contribution in [0.5, 0.6) is 0 Å². The maximum absolute atomic E-state index is 12.7. The molecule has 1 unspecified atom stereocenters. The van der Waals surface area contributed by atoms with Crippen LogP contribution in [0.2, 0.25) is 0 Å². The molecule has 0 aromatic heterocycles. The van der Waals surface area contributed by atoms with Gasteiger partial charge < -0.3 is 5.32 Å². The van der Waals surface area contributed by atoms with Crippen molar-refractivity contribution in [1.29, 1.82) is 0 Å². The lowest BCUT2D eigenvalue weighted by molar-refractivity contribution is -0.138. The normalized spacial score (nSPS) is 13.2. The fourth-order valence-corrected chi connectivity index (χ4v) is 1.57. The highest BCUT2D eigenvalue weighted by atomic mass is 19.4. The third kappa shape index (κ3) is 5.16. The minimum atomic E-state index is -4.28. The molecule has 6 heteroatoms. The fraction of sp³-hybridized carbons (Fsp3) is 0.417. The molecule has 0 saturated heterocycles. The van der Waals surface area contributed by atoms with Crippen LogP contribution in [-0.4, -0.2) is 12.1 Å². The quantitative estimate of drug-likeness (QED) is 0.829. The summed E-state index contributed by atoms with van der Waals surface area (Å²) in [5, 5.41) is 2.43. The third-order valence-electron chi connectivity index (χ3n) is 2.37. The average Bonchev–Trinajstić information content (AvgIpc) is 2.24. The van der Waals surface area contributed by atoms with Crippen molar-refractivity contribution >= 4 is 5.91 Å². The van der Waals surface area contributed by atoms with Crippen LogP contribution in [0.1, 0.15) is 31.4 Å². The molecule has 2 nitrogen and oxygen atoms in total. The van der Waals surface area contributed by atoms with Crippen LogP contribution < -0.4 is 5.32 Å². The van der Waals surface area contributed by atoms with E-state index in [9.17, 15) is 22.4 Å². The molecule has 0 radical (unpaired) electrons. The maximum atomic E-state index is 12.7. The van der Waals surface area contributed by atoms with Crippen LogP contribution >= 0.6 is 0 Å². The van der Waals surface area contributed by atoms with Crippen molar-refractivity contribution < 1.29 is 22.4 Å². The summed E-state index contributed by atoms with van der Waals surface area (Å²) in [4.78, 5) is 11.0. The summed E-state index contributed by atoms with van der Waals surface area (Å²) in [6.45, 7) is 1.23. The molecule has 0 aliphatic carbocycles. The summed E-state index contributed by atoms with van der Waals surface area (Å²) in [6, 6.07) is 4.28. The molecule has 1 rings (SSSR count). The Morgan fingerprint density at radius 2 is 1.83 bits per heavy atom. The molecule has 1 aromatic carbocycles. The molecule has 1 atom stereocenters. The number of carbonyl (C=O) groups is 1. The van der Waals surface area contributed by atoms with E-state index in [4.69, 9.17) is 0 Å². The number of nitrogens with one attached hydrogen (secondary N) is 1. The number of alkyl halides is 3. The highest BCUT2D eigenvalue weighted by Crippen LogP contribution is 2.27. The zero-order valence-corrected chi connectivity index (χ0v) is 9.72. The Labute approximate surface area is 102 Å². The van der Waals surface area contributed by atoms with Gasteiger partial charge in [-0.2, -0.15) is 13.2 Å². The Morgan fingerprint density at radius 3 is 2.28 bits per heavy atom. The first-order valence-electron chi connectivity index (χ1n) is 5.37. The lowest BCUT2D eigenvalue weighted by Gasteiger charge is -2.19. The van der Waals surface area contributed by atoms with Gasteiger partial charge in [-0.15, -0.1) is 0 Å². The second-order valence-corrected chi connectivity index (χ2v) is 3.96. The van der Waals surface area contributed by atoms with E-state index in [-0.39, 0.29) is 6.42 Å². The van der Waals surface area contributed by atoms with E-state index >= 15 is 0 Å². The first-order chi connectivity index (χ1) is 8.28. The largest absolute Gasteiger partial charge is 0.389 e. The van der Waals surface area contributed by atoms with Gasteiger partial charge in [0.05, 0.1) is 6.04 Å². The number of halogens is 4. The van der Waals surface area contributed by atoms with Crippen LogP contribution in [0.25, 0.3) is 0 Å². The number of benzene rings is 1. The minimum absolute atomic E-state index is 0.269. The fourth-order valence-electron chi connectivity index (χ4n) is 1.57. The van der Waals surface area contributed by atoms with Gasteiger partial charge in [-0.1, -0.05) is 12.1 Å². The van der Waals surface area contributed by atoms with Gasteiger partial charge in [0, 0.05) is 13.3 Å². The van der Waals surface area contributed by atoms with E-state index in [2.05, 4.69) is 5.32 Å². The van der Waals surface area contributed by atoms with Crippen molar-refractivity contribution in [3.05, 3.63) is 35.6 Å². The average molecular weight is 263 g/mol. The summed E-state index contributed by atoms with van der Waals surface area (Å²) in [5.41, 5.74) is 0.454. The van der Waals surface area contributed by atoms with Crippen LogP contribution in [0.4, 0.5) is 17.6 Å². The van der Waals surface area contributed by atoms with Crippen molar-refractivity contribution in [3.8, 4) is 0 Å². The van der Waals surface area contributed by atoms with Crippen molar-refractivity contribution in [2.24, 2.45) is 0 Å². The van der Waals surface area contributed by atoms with Gasteiger partial charge in [0.15, 0.2) is 0 Å². The van der Waals surface area contributed by atoms with E-state index < -0.39 is 30.4 Å². The summed E-state index contributed by atoms with van der Waals surface area (Å²) in [6.07, 6.45) is -5.55. The van der Waals surface area contributed by atoms with Gasteiger partial charge in [0.1, 0.15) is 5.82 Å². The molecule has 0 heterocycles. The van der Waals surface area contributed by atoms with Crippen LogP contribution in [0.15, 0.2) is 24.3 Å². The highest BCUT2D eigenvalue weighted by molar-refractivity contribution is 5.73. The SMILES string of the molecule is CC(=O)NC(CCC(F)(F)F)c1ccc(F)cc1. The van der Waals surface area contributed by atoms with Crippen molar-refractivity contribution in [2.45, 2.75) is 32.0 Å². The molecule has 1 N–H and O–H groups in total. The standard InChI is InChI=1S/C12H13F4NO/c1-8(18)17-11(6-7-12(14,15)16)9-2-4-10(13)5-3-9/h2-5,11H,6-7H2,1H3,(H,17,18). The summed E-state index contributed by atoms with van der Waals surface area (Å²) in [5.74, 6) is -0.900. The van der Waals surface area contributed by atoms with Gasteiger partial charge >= 0.3 is 6.18 Å². The zero-order valence-electron chi connectivity index (χ0n) is 9.72. The number of carbonyl (C=O) groups excluding carboxylic acids is 1. The summed E-state index contributed by atoms with van der Waals surface area (Å²) < 4.78 is 49.2. The minimum Gasteiger partial charge on any atom is -0.350 e. The molecule has 0 aliphatic heterocycles. The number of rotatable bonds is 4. The number of amides is 1. The second kappa shape index (κ2) is 5.84. The van der Waals surface area contributed by atoms with E-state index in [1.807, 2.05) is 0 Å². The molecule has 18 heavy (non-hydrogen) atoms. The molecular weight excluding hydrogens is 250 g/mol. The molecule has 0 bridgehead atoms. The molecule has 0 spiro atoms. The van der Waals surface area contributed by atoms with Gasteiger partial charge in [-0.25, -0.2) is 4.39 Å². The van der Waals surface area contributed by atoms with Crippen LogP contribution in [0.3, 0.4) is 0 Å². The summed E-state index contributed by atoms with van der Waals surface area (Å²) >= 11 is 0. The third-order valence-corrected chi connectivity index (χ3v) is 2.37. The molecule has 0 fully saturated rings.